The SMILES string of the molecule is CCNC(CC1CC1)C1CN2CCCC2CO1. The van der Waals surface area contributed by atoms with Gasteiger partial charge in [-0.05, 0) is 38.3 Å². The van der Waals surface area contributed by atoms with Crippen LogP contribution in [0.2, 0.25) is 0 Å². The molecule has 0 bridgehead atoms. The van der Waals surface area contributed by atoms with Gasteiger partial charge in [0.2, 0.25) is 0 Å². The van der Waals surface area contributed by atoms with E-state index in [1.807, 2.05) is 0 Å². The molecular formula is C14H26N2O. The molecule has 2 heterocycles. The van der Waals surface area contributed by atoms with Crippen molar-refractivity contribution in [2.75, 3.05) is 26.2 Å². The van der Waals surface area contributed by atoms with Crippen LogP contribution in [0.3, 0.4) is 0 Å². The molecule has 2 saturated heterocycles. The molecular weight excluding hydrogens is 212 g/mol. The van der Waals surface area contributed by atoms with Crippen LogP contribution in [0.25, 0.3) is 0 Å². The van der Waals surface area contributed by atoms with Crippen LogP contribution in [0.4, 0.5) is 0 Å². The summed E-state index contributed by atoms with van der Waals surface area (Å²) in [6, 6.07) is 1.32. The van der Waals surface area contributed by atoms with Crippen molar-refractivity contribution < 1.29 is 4.74 Å². The van der Waals surface area contributed by atoms with Gasteiger partial charge in [-0.15, -0.1) is 0 Å². The molecule has 3 atom stereocenters. The molecule has 1 N–H and O–H groups in total. The second kappa shape index (κ2) is 5.25. The molecule has 0 aromatic rings. The minimum Gasteiger partial charge on any atom is -0.374 e. The Morgan fingerprint density at radius 3 is 3.00 bits per heavy atom. The first kappa shape index (κ1) is 11.9. The van der Waals surface area contributed by atoms with Crippen molar-refractivity contribution in [2.45, 2.75) is 57.2 Å². The van der Waals surface area contributed by atoms with Gasteiger partial charge in [-0.1, -0.05) is 19.8 Å². The minimum absolute atomic E-state index is 0.435. The monoisotopic (exact) mass is 238 g/mol. The van der Waals surface area contributed by atoms with Gasteiger partial charge in [0.1, 0.15) is 0 Å². The first-order valence-electron chi connectivity index (χ1n) is 7.46. The molecule has 98 valence electrons. The number of fused-ring (bicyclic) bond motifs is 1. The highest BCUT2D eigenvalue weighted by Gasteiger charge is 2.37. The number of nitrogens with zero attached hydrogens (tertiary/aromatic N) is 1. The highest BCUT2D eigenvalue weighted by atomic mass is 16.5. The van der Waals surface area contributed by atoms with E-state index in [0.717, 1.165) is 31.7 Å². The molecule has 1 aliphatic carbocycles. The molecule has 3 rings (SSSR count). The average Bonchev–Trinajstić information content (AvgIpc) is 3.04. The van der Waals surface area contributed by atoms with E-state index in [9.17, 15) is 0 Å². The molecule has 1 saturated carbocycles. The topological polar surface area (TPSA) is 24.5 Å². The molecule has 0 amide bonds. The lowest BCUT2D eigenvalue weighted by Crippen LogP contribution is -2.54. The summed E-state index contributed by atoms with van der Waals surface area (Å²) in [5, 5.41) is 3.65. The van der Waals surface area contributed by atoms with Crippen LogP contribution >= 0.6 is 0 Å². The molecule has 0 aromatic carbocycles. The predicted octanol–water partition coefficient (Wildman–Crippen LogP) is 1.63. The van der Waals surface area contributed by atoms with Crippen LogP contribution in [0.15, 0.2) is 0 Å². The molecule has 3 unspecified atom stereocenters. The second-order valence-corrected chi connectivity index (χ2v) is 6.01. The van der Waals surface area contributed by atoms with E-state index in [-0.39, 0.29) is 0 Å². The summed E-state index contributed by atoms with van der Waals surface area (Å²) in [5.41, 5.74) is 0. The van der Waals surface area contributed by atoms with E-state index in [0.29, 0.717) is 12.1 Å². The van der Waals surface area contributed by atoms with E-state index in [1.165, 1.54) is 38.6 Å². The average molecular weight is 238 g/mol. The van der Waals surface area contributed by atoms with Gasteiger partial charge in [0.15, 0.2) is 0 Å². The Hall–Kier alpha value is -0.120. The van der Waals surface area contributed by atoms with E-state index < -0.39 is 0 Å². The molecule has 3 aliphatic rings. The third kappa shape index (κ3) is 2.83. The number of morpholine rings is 1. The Labute approximate surface area is 105 Å². The molecule has 2 aliphatic heterocycles. The smallest absolute Gasteiger partial charge is 0.0855 e. The van der Waals surface area contributed by atoms with Gasteiger partial charge in [-0.3, -0.25) is 4.90 Å². The Bertz CT molecular complexity index is 255. The summed E-state index contributed by atoms with van der Waals surface area (Å²) in [6.45, 7) is 6.71. The molecule has 17 heavy (non-hydrogen) atoms. The Kier molecular flexibility index (Phi) is 3.69. The molecule has 0 aromatic heterocycles. The summed E-state index contributed by atoms with van der Waals surface area (Å²) in [5.74, 6) is 0.985. The van der Waals surface area contributed by atoms with Gasteiger partial charge in [0.05, 0.1) is 12.7 Å². The molecule has 3 fully saturated rings. The van der Waals surface area contributed by atoms with E-state index in [2.05, 4.69) is 17.1 Å². The third-order valence-electron chi connectivity index (χ3n) is 4.62. The van der Waals surface area contributed by atoms with Crippen molar-refractivity contribution in [2.24, 2.45) is 5.92 Å². The standard InChI is InChI=1S/C14H26N2O/c1-2-15-13(8-11-5-6-11)14-9-16-7-3-4-12(16)10-17-14/h11-15H,2-10H2,1H3. The number of hydrogen-bond acceptors (Lipinski definition) is 3. The van der Waals surface area contributed by atoms with Gasteiger partial charge < -0.3 is 10.1 Å². The Morgan fingerprint density at radius 1 is 1.35 bits per heavy atom. The van der Waals surface area contributed by atoms with Crippen LogP contribution in [0, 0.1) is 5.92 Å². The molecule has 0 spiro atoms. The third-order valence-corrected chi connectivity index (χ3v) is 4.62. The maximum absolute atomic E-state index is 6.13. The normalized spacial score (nSPS) is 35.8. The quantitative estimate of drug-likeness (QED) is 0.788. The van der Waals surface area contributed by atoms with Gasteiger partial charge in [0.25, 0.3) is 0 Å². The van der Waals surface area contributed by atoms with Crippen LogP contribution in [-0.2, 0) is 4.74 Å². The van der Waals surface area contributed by atoms with E-state index in [4.69, 9.17) is 4.74 Å². The first-order valence-corrected chi connectivity index (χ1v) is 7.46. The lowest BCUT2D eigenvalue weighted by molar-refractivity contribution is -0.0661. The fourth-order valence-electron chi connectivity index (χ4n) is 3.43. The summed E-state index contributed by atoms with van der Waals surface area (Å²) in [7, 11) is 0. The highest BCUT2D eigenvalue weighted by Crippen LogP contribution is 2.35. The van der Waals surface area contributed by atoms with Gasteiger partial charge in [-0.2, -0.15) is 0 Å². The van der Waals surface area contributed by atoms with Crippen molar-refractivity contribution in [3.8, 4) is 0 Å². The van der Waals surface area contributed by atoms with Crippen LogP contribution in [-0.4, -0.2) is 49.3 Å². The van der Waals surface area contributed by atoms with Crippen LogP contribution < -0.4 is 5.32 Å². The number of hydrogen-bond donors (Lipinski definition) is 1. The van der Waals surface area contributed by atoms with E-state index in [1.54, 1.807) is 0 Å². The lowest BCUT2D eigenvalue weighted by Gasteiger charge is -2.39. The largest absolute Gasteiger partial charge is 0.374 e. The predicted molar refractivity (Wildman–Crippen MR) is 69.1 cm³/mol. The van der Waals surface area contributed by atoms with Crippen molar-refractivity contribution in [1.29, 1.82) is 0 Å². The zero-order valence-electron chi connectivity index (χ0n) is 11.0. The second-order valence-electron chi connectivity index (χ2n) is 6.01. The van der Waals surface area contributed by atoms with Gasteiger partial charge >= 0.3 is 0 Å². The number of ether oxygens (including phenoxy) is 1. The van der Waals surface area contributed by atoms with Crippen molar-refractivity contribution in [3.05, 3.63) is 0 Å². The van der Waals surface area contributed by atoms with Crippen LogP contribution in [0.5, 0.6) is 0 Å². The van der Waals surface area contributed by atoms with Crippen molar-refractivity contribution >= 4 is 0 Å². The fourth-order valence-corrected chi connectivity index (χ4v) is 3.43. The first-order chi connectivity index (χ1) is 8.36. The zero-order valence-corrected chi connectivity index (χ0v) is 11.0. The Morgan fingerprint density at radius 2 is 2.24 bits per heavy atom. The highest BCUT2D eigenvalue weighted by molar-refractivity contribution is 4.92. The number of likely N-dealkylation sites (N-methyl/N-ethyl adjacent to an activating group) is 1. The van der Waals surface area contributed by atoms with Crippen molar-refractivity contribution in [1.82, 2.24) is 10.2 Å². The molecule has 3 nitrogen and oxygen atoms in total. The maximum Gasteiger partial charge on any atom is 0.0855 e. The van der Waals surface area contributed by atoms with Gasteiger partial charge in [0, 0.05) is 18.6 Å². The number of nitrogens with one attached hydrogen (secondary N) is 1. The Balaban J connectivity index is 1.56. The minimum atomic E-state index is 0.435. The molecule has 3 heteroatoms. The summed E-state index contributed by atoms with van der Waals surface area (Å²) in [6.07, 6.45) is 7.37. The summed E-state index contributed by atoms with van der Waals surface area (Å²) < 4.78 is 6.13. The fraction of sp³-hybridized carbons (Fsp3) is 1.00. The van der Waals surface area contributed by atoms with E-state index >= 15 is 0 Å². The zero-order chi connectivity index (χ0) is 11.7. The summed E-state index contributed by atoms with van der Waals surface area (Å²) in [4.78, 5) is 2.66. The van der Waals surface area contributed by atoms with Crippen molar-refractivity contribution in [3.63, 3.8) is 0 Å². The van der Waals surface area contributed by atoms with Gasteiger partial charge in [-0.25, -0.2) is 0 Å². The maximum atomic E-state index is 6.13. The molecule has 0 radical (unpaired) electrons. The summed E-state index contributed by atoms with van der Waals surface area (Å²) >= 11 is 0. The number of rotatable bonds is 5. The lowest BCUT2D eigenvalue weighted by atomic mass is 10.0. The van der Waals surface area contributed by atoms with Crippen LogP contribution in [0.1, 0.15) is 39.0 Å².